The van der Waals surface area contributed by atoms with Crippen molar-refractivity contribution < 1.29 is 0 Å². The minimum Gasteiger partial charge on any atom is -0.381 e. The summed E-state index contributed by atoms with van der Waals surface area (Å²) in [5.74, 6) is 0.756. The van der Waals surface area contributed by atoms with Crippen molar-refractivity contribution in [2.75, 3.05) is 26.0 Å². The Morgan fingerprint density at radius 2 is 2.35 bits per heavy atom. The van der Waals surface area contributed by atoms with Crippen molar-refractivity contribution in [3.05, 3.63) is 21.6 Å². The number of aromatic amines is 1. The molecule has 1 saturated carbocycles. The molecular weight excluding hydrogens is 240 g/mol. The maximum absolute atomic E-state index is 11.3. The third-order valence-electron chi connectivity index (χ3n) is 3.13. The van der Waals surface area contributed by atoms with Gasteiger partial charge in [0.1, 0.15) is 5.02 Å². The van der Waals surface area contributed by atoms with Gasteiger partial charge in [0.15, 0.2) is 0 Å². The van der Waals surface area contributed by atoms with E-state index in [2.05, 4.69) is 34.5 Å². The van der Waals surface area contributed by atoms with Crippen LogP contribution in [0.15, 0.2) is 11.0 Å². The van der Waals surface area contributed by atoms with Crippen LogP contribution in [0.2, 0.25) is 5.02 Å². The van der Waals surface area contributed by atoms with Crippen molar-refractivity contribution in [3.8, 4) is 0 Å². The molecule has 0 spiro atoms. The Morgan fingerprint density at radius 3 is 2.94 bits per heavy atom. The smallest absolute Gasteiger partial charge is 0.285 e. The molecular formula is C11H17ClN4O. The first kappa shape index (κ1) is 12.4. The highest BCUT2D eigenvalue weighted by molar-refractivity contribution is 6.32. The van der Waals surface area contributed by atoms with Crippen LogP contribution in [0.5, 0.6) is 0 Å². The number of nitrogens with one attached hydrogen (secondary N) is 2. The van der Waals surface area contributed by atoms with Crippen molar-refractivity contribution in [2.24, 2.45) is 5.92 Å². The quantitative estimate of drug-likeness (QED) is 0.831. The van der Waals surface area contributed by atoms with Crippen molar-refractivity contribution in [3.63, 3.8) is 0 Å². The zero-order valence-corrected chi connectivity index (χ0v) is 10.8. The first-order chi connectivity index (χ1) is 8.09. The number of rotatable bonds is 5. The van der Waals surface area contributed by atoms with E-state index in [9.17, 15) is 4.79 Å². The van der Waals surface area contributed by atoms with Crippen LogP contribution in [0, 0.1) is 5.92 Å². The van der Waals surface area contributed by atoms with Gasteiger partial charge in [0.05, 0.1) is 11.9 Å². The zero-order chi connectivity index (χ0) is 12.4. The predicted molar refractivity (Wildman–Crippen MR) is 68.6 cm³/mol. The van der Waals surface area contributed by atoms with Gasteiger partial charge in [0, 0.05) is 12.6 Å². The SMILES string of the molecule is CN(C)C(CNc1cn[nH]c(=O)c1Cl)C1CC1. The Kier molecular flexibility index (Phi) is 3.69. The Labute approximate surface area is 105 Å². The molecule has 6 heteroatoms. The highest BCUT2D eigenvalue weighted by Crippen LogP contribution is 2.34. The Bertz CT molecular complexity index is 439. The third-order valence-corrected chi connectivity index (χ3v) is 3.50. The van der Waals surface area contributed by atoms with E-state index >= 15 is 0 Å². The van der Waals surface area contributed by atoms with E-state index in [-0.39, 0.29) is 10.6 Å². The first-order valence-corrected chi connectivity index (χ1v) is 6.11. The van der Waals surface area contributed by atoms with E-state index in [1.807, 2.05) is 0 Å². The van der Waals surface area contributed by atoms with Crippen LogP contribution >= 0.6 is 11.6 Å². The lowest BCUT2D eigenvalue weighted by molar-refractivity contribution is 0.276. The molecule has 94 valence electrons. The fourth-order valence-electron chi connectivity index (χ4n) is 1.97. The fourth-order valence-corrected chi connectivity index (χ4v) is 2.13. The molecule has 1 aliphatic carbocycles. The Balaban J connectivity index is 2.01. The van der Waals surface area contributed by atoms with Gasteiger partial charge in [-0.15, -0.1) is 0 Å². The molecule has 0 bridgehead atoms. The number of H-pyrrole nitrogens is 1. The van der Waals surface area contributed by atoms with Gasteiger partial charge in [-0.3, -0.25) is 4.79 Å². The zero-order valence-electron chi connectivity index (χ0n) is 10.0. The lowest BCUT2D eigenvalue weighted by atomic mass is 10.1. The molecule has 17 heavy (non-hydrogen) atoms. The normalized spacial score (nSPS) is 17.2. The van der Waals surface area contributed by atoms with Gasteiger partial charge in [-0.25, -0.2) is 5.10 Å². The van der Waals surface area contributed by atoms with Crippen molar-refractivity contribution in [1.82, 2.24) is 15.1 Å². The third kappa shape index (κ3) is 2.98. The molecule has 1 aromatic heterocycles. The topological polar surface area (TPSA) is 61.0 Å². The second-order valence-electron chi connectivity index (χ2n) is 4.68. The van der Waals surface area contributed by atoms with Crippen molar-refractivity contribution in [2.45, 2.75) is 18.9 Å². The number of hydrogen-bond acceptors (Lipinski definition) is 4. The largest absolute Gasteiger partial charge is 0.381 e. The number of hydrogen-bond donors (Lipinski definition) is 2. The lowest BCUT2D eigenvalue weighted by Gasteiger charge is -2.24. The molecule has 1 atom stereocenters. The molecule has 0 saturated heterocycles. The van der Waals surface area contributed by atoms with Crippen LogP contribution in [-0.4, -0.2) is 41.8 Å². The number of anilines is 1. The highest BCUT2D eigenvalue weighted by atomic mass is 35.5. The van der Waals surface area contributed by atoms with Gasteiger partial charge in [-0.1, -0.05) is 11.6 Å². The maximum Gasteiger partial charge on any atom is 0.285 e. The van der Waals surface area contributed by atoms with E-state index in [4.69, 9.17) is 11.6 Å². The summed E-state index contributed by atoms with van der Waals surface area (Å²) in [6.07, 6.45) is 4.11. The molecule has 5 nitrogen and oxygen atoms in total. The Hall–Kier alpha value is -1.07. The fraction of sp³-hybridized carbons (Fsp3) is 0.636. The highest BCUT2D eigenvalue weighted by Gasteiger charge is 2.32. The van der Waals surface area contributed by atoms with E-state index < -0.39 is 0 Å². The second kappa shape index (κ2) is 5.06. The van der Waals surface area contributed by atoms with E-state index in [0.29, 0.717) is 11.7 Å². The van der Waals surface area contributed by atoms with Crippen LogP contribution < -0.4 is 10.9 Å². The molecule has 1 aromatic rings. The molecule has 2 N–H and O–H groups in total. The summed E-state index contributed by atoms with van der Waals surface area (Å²) < 4.78 is 0. The first-order valence-electron chi connectivity index (χ1n) is 5.73. The van der Waals surface area contributed by atoms with Gasteiger partial charge in [0.25, 0.3) is 5.56 Å². The summed E-state index contributed by atoms with van der Waals surface area (Å²) in [6, 6.07) is 0.477. The van der Waals surface area contributed by atoms with E-state index in [1.165, 1.54) is 12.8 Å². The molecule has 1 fully saturated rings. The second-order valence-corrected chi connectivity index (χ2v) is 5.05. The van der Waals surface area contributed by atoms with Gasteiger partial charge >= 0.3 is 0 Å². The number of halogens is 1. The van der Waals surface area contributed by atoms with Gasteiger partial charge in [0.2, 0.25) is 0 Å². The predicted octanol–water partition coefficient (Wildman–Crippen LogP) is 1.18. The molecule has 1 aliphatic rings. The molecule has 2 rings (SSSR count). The Morgan fingerprint density at radius 1 is 1.65 bits per heavy atom. The monoisotopic (exact) mass is 256 g/mol. The van der Waals surface area contributed by atoms with Gasteiger partial charge in [-0.05, 0) is 32.9 Å². The molecule has 1 unspecified atom stereocenters. The van der Waals surface area contributed by atoms with Gasteiger partial charge in [-0.2, -0.15) is 5.10 Å². The van der Waals surface area contributed by atoms with Crippen LogP contribution in [0.3, 0.4) is 0 Å². The minimum atomic E-state index is -0.357. The molecule has 0 radical (unpaired) electrons. The van der Waals surface area contributed by atoms with Crippen LogP contribution in [-0.2, 0) is 0 Å². The van der Waals surface area contributed by atoms with E-state index in [0.717, 1.165) is 12.5 Å². The molecule has 0 aromatic carbocycles. The van der Waals surface area contributed by atoms with Crippen LogP contribution in [0.1, 0.15) is 12.8 Å². The average molecular weight is 257 g/mol. The van der Waals surface area contributed by atoms with Gasteiger partial charge < -0.3 is 10.2 Å². The number of aromatic nitrogens is 2. The van der Waals surface area contributed by atoms with E-state index in [1.54, 1.807) is 6.20 Å². The van der Waals surface area contributed by atoms with Crippen LogP contribution in [0.4, 0.5) is 5.69 Å². The maximum atomic E-state index is 11.3. The summed E-state index contributed by atoms with van der Waals surface area (Å²) in [6.45, 7) is 0.780. The summed E-state index contributed by atoms with van der Waals surface area (Å²) in [7, 11) is 4.14. The molecule has 0 amide bonds. The molecule has 0 aliphatic heterocycles. The summed E-state index contributed by atoms with van der Waals surface area (Å²) in [5, 5.41) is 9.40. The van der Waals surface area contributed by atoms with Crippen molar-refractivity contribution >= 4 is 17.3 Å². The number of likely N-dealkylation sites (N-methyl/N-ethyl adjacent to an activating group) is 1. The van der Waals surface area contributed by atoms with Crippen LogP contribution in [0.25, 0.3) is 0 Å². The lowest BCUT2D eigenvalue weighted by Crippen LogP contribution is -2.36. The summed E-state index contributed by atoms with van der Waals surface area (Å²) >= 11 is 5.89. The molecule has 1 heterocycles. The summed E-state index contributed by atoms with van der Waals surface area (Å²) in [4.78, 5) is 13.5. The minimum absolute atomic E-state index is 0.174. The average Bonchev–Trinajstić information content (AvgIpc) is 3.08. The summed E-state index contributed by atoms with van der Waals surface area (Å²) in [5.41, 5.74) is 0.243. The number of nitrogens with zero attached hydrogens (tertiary/aromatic N) is 2. The standard InChI is InChI=1S/C11H17ClN4O/c1-16(2)9(7-3-4-7)6-13-8-5-14-15-11(17)10(8)12/h5,7,9H,3-4,6H2,1-2H3,(H2,13,15,17). The van der Waals surface area contributed by atoms with Crippen molar-refractivity contribution in [1.29, 1.82) is 0 Å².